The van der Waals surface area contributed by atoms with Crippen LogP contribution in [-0.4, -0.2) is 12.2 Å². The van der Waals surface area contributed by atoms with Crippen LogP contribution in [0.2, 0.25) is 0 Å². The van der Waals surface area contributed by atoms with Crippen molar-refractivity contribution >= 4 is 23.0 Å². The fourth-order valence-electron chi connectivity index (χ4n) is 0.967. The van der Waals surface area contributed by atoms with Gasteiger partial charge in [-0.2, -0.15) is 5.53 Å². The predicted octanol–water partition coefficient (Wildman–Crippen LogP) is 0.360. The molecule has 1 aromatic rings. The molecule has 0 aliphatic heterocycles. The molecule has 0 fully saturated rings. The van der Waals surface area contributed by atoms with Crippen LogP contribution in [0.5, 0.6) is 5.75 Å². The van der Waals surface area contributed by atoms with Crippen LogP contribution in [0.15, 0.2) is 24.3 Å². The number of hydrazine groups is 2. The molecule has 0 spiro atoms. The van der Waals surface area contributed by atoms with Crippen LogP contribution in [0, 0.1) is 0 Å². The van der Waals surface area contributed by atoms with Crippen molar-refractivity contribution in [3.8, 4) is 5.75 Å². The number of ether oxygens (including phenoxy) is 1. The van der Waals surface area contributed by atoms with Crippen LogP contribution >= 0.6 is 12.2 Å². The van der Waals surface area contributed by atoms with E-state index in [0.717, 1.165) is 5.69 Å². The first-order chi connectivity index (χ1) is 6.77. The number of methoxy groups -OCH3 is 1. The third-order valence-corrected chi connectivity index (χ3v) is 1.74. The SMILES string of the molecule is COc1ccccc1NC(=S)NNN. The van der Waals surface area contributed by atoms with Gasteiger partial charge in [-0.3, -0.25) is 11.3 Å². The van der Waals surface area contributed by atoms with Gasteiger partial charge in [-0.1, -0.05) is 12.1 Å². The third-order valence-electron chi connectivity index (χ3n) is 1.54. The van der Waals surface area contributed by atoms with Crippen LogP contribution in [-0.2, 0) is 0 Å². The number of nitrogens with two attached hydrogens (primary N) is 1. The fraction of sp³-hybridized carbons (Fsp3) is 0.125. The molecule has 1 aromatic carbocycles. The molecule has 0 saturated heterocycles. The van der Waals surface area contributed by atoms with Gasteiger partial charge in [0.1, 0.15) is 5.75 Å². The number of para-hydroxylation sites is 2. The van der Waals surface area contributed by atoms with E-state index in [9.17, 15) is 0 Å². The summed E-state index contributed by atoms with van der Waals surface area (Å²) in [7, 11) is 1.60. The van der Waals surface area contributed by atoms with Gasteiger partial charge < -0.3 is 10.1 Å². The van der Waals surface area contributed by atoms with E-state index in [1.54, 1.807) is 7.11 Å². The highest BCUT2D eigenvalue weighted by molar-refractivity contribution is 7.80. The van der Waals surface area contributed by atoms with E-state index in [0.29, 0.717) is 10.9 Å². The van der Waals surface area contributed by atoms with Gasteiger partial charge in [0.15, 0.2) is 5.11 Å². The Morgan fingerprint density at radius 2 is 2.14 bits per heavy atom. The Bertz CT molecular complexity index is 318. The van der Waals surface area contributed by atoms with Crippen LogP contribution in [0.1, 0.15) is 0 Å². The zero-order valence-corrected chi connectivity index (χ0v) is 8.52. The van der Waals surface area contributed by atoms with E-state index in [2.05, 4.69) is 16.3 Å². The van der Waals surface area contributed by atoms with Crippen molar-refractivity contribution in [3.05, 3.63) is 24.3 Å². The van der Waals surface area contributed by atoms with E-state index >= 15 is 0 Å². The van der Waals surface area contributed by atoms with Gasteiger partial charge in [0, 0.05) is 0 Å². The Morgan fingerprint density at radius 1 is 1.43 bits per heavy atom. The Balaban J connectivity index is 2.70. The average Bonchev–Trinajstić information content (AvgIpc) is 2.19. The second-order valence-corrected chi connectivity index (χ2v) is 2.83. The lowest BCUT2D eigenvalue weighted by atomic mass is 10.3. The smallest absolute Gasteiger partial charge is 0.186 e. The lowest BCUT2D eigenvalue weighted by Gasteiger charge is -2.11. The fourth-order valence-corrected chi connectivity index (χ4v) is 1.14. The van der Waals surface area contributed by atoms with Crippen molar-refractivity contribution in [3.63, 3.8) is 0 Å². The van der Waals surface area contributed by atoms with Gasteiger partial charge in [-0.15, -0.1) is 0 Å². The maximum atomic E-state index is 5.12. The molecule has 0 amide bonds. The maximum Gasteiger partial charge on any atom is 0.186 e. The summed E-state index contributed by atoms with van der Waals surface area (Å²) in [5.74, 6) is 5.75. The molecule has 0 atom stereocenters. The molecule has 0 unspecified atom stereocenters. The maximum absolute atomic E-state index is 5.12. The summed E-state index contributed by atoms with van der Waals surface area (Å²) in [6, 6.07) is 7.44. The standard InChI is InChI=1S/C8H12N4OS/c1-13-7-5-3-2-4-6(7)10-8(14)11-12-9/h2-5,12H,9H2,1H3,(H2,10,11,14). The molecule has 0 aromatic heterocycles. The molecule has 0 saturated carbocycles. The van der Waals surface area contributed by atoms with E-state index in [-0.39, 0.29) is 0 Å². The second-order valence-electron chi connectivity index (χ2n) is 2.42. The zero-order chi connectivity index (χ0) is 10.4. The Morgan fingerprint density at radius 3 is 2.79 bits per heavy atom. The normalized spacial score (nSPS) is 9.29. The van der Waals surface area contributed by atoms with Gasteiger partial charge in [0.2, 0.25) is 0 Å². The summed E-state index contributed by atoms with van der Waals surface area (Å²) in [4.78, 5) is 0. The number of hydrogen-bond acceptors (Lipinski definition) is 4. The van der Waals surface area contributed by atoms with Crippen molar-refractivity contribution in [1.82, 2.24) is 11.0 Å². The minimum Gasteiger partial charge on any atom is -0.495 e. The number of thiocarbonyl (C=S) groups is 1. The number of rotatable bonds is 3. The molecule has 76 valence electrons. The van der Waals surface area contributed by atoms with E-state index in [1.165, 1.54) is 0 Å². The number of anilines is 1. The zero-order valence-electron chi connectivity index (χ0n) is 7.70. The molecule has 5 N–H and O–H groups in total. The Labute approximate surface area is 87.6 Å². The first-order valence-corrected chi connectivity index (χ1v) is 4.34. The van der Waals surface area contributed by atoms with Crippen molar-refractivity contribution in [2.45, 2.75) is 0 Å². The lowest BCUT2D eigenvalue weighted by molar-refractivity contribution is 0.417. The minimum absolute atomic E-state index is 0.372. The number of hydrogen-bond donors (Lipinski definition) is 4. The van der Waals surface area contributed by atoms with Crippen molar-refractivity contribution < 1.29 is 4.74 Å². The Hall–Kier alpha value is -1.37. The summed E-state index contributed by atoms with van der Waals surface area (Å²) in [6.07, 6.45) is 0. The molecular formula is C8H12N4OS. The molecule has 0 aliphatic rings. The molecule has 5 nitrogen and oxygen atoms in total. The van der Waals surface area contributed by atoms with Gasteiger partial charge in [0.05, 0.1) is 12.8 Å². The highest BCUT2D eigenvalue weighted by atomic mass is 32.1. The Kier molecular flexibility index (Phi) is 4.11. The second kappa shape index (κ2) is 5.38. The topological polar surface area (TPSA) is 71.3 Å². The molecular weight excluding hydrogens is 200 g/mol. The molecule has 6 heteroatoms. The summed E-state index contributed by atoms with van der Waals surface area (Å²) >= 11 is 4.92. The summed E-state index contributed by atoms with van der Waals surface area (Å²) < 4.78 is 5.12. The summed E-state index contributed by atoms with van der Waals surface area (Å²) in [6.45, 7) is 0. The third kappa shape index (κ3) is 2.84. The first kappa shape index (κ1) is 10.7. The van der Waals surface area contributed by atoms with Crippen molar-refractivity contribution in [2.24, 2.45) is 5.84 Å². The van der Waals surface area contributed by atoms with Crippen LogP contribution < -0.4 is 26.9 Å². The van der Waals surface area contributed by atoms with Crippen molar-refractivity contribution in [1.29, 1.82) is 0 Å². The molecule has 0 bridgehead atoms. The predicted molar refractivity (Wildman–Crippen MR) is 59.7 cm³/mol. The average molecular weight is 212 g/mol. The van der Waals surface area contributed by atoms with E-state index < -0.39 is 0 Å². The molecule has 0 radical (unpaired) electrons. The quantitative estimate of drug-likeness (QED) is 0.329. The molecule has 0 heterocycles. The molecule has 14 heavy (non-hydrogen) atoms. The highest BCUT2D eigenvalue weighted by Crippen LogP contribution is 2.22. The lowest BCUT2D eigenvalue weighted by Crippen LogP contribution is -2.44. The number of nitrogens with one attached hydrogen (secondary N) is 3. The molecule has 0 aliphatic carbocycles. The van der Waals surface area contributed by atoms with Gasteiger partial charge in [-0.25, -0.2) is 0 Å². The van der Waals surface area contributed by atoms with E-state index in [1.807, 2.05) is 24.3 Å². The molecule has 1 rings (SSSR count). The largest absolute Gasteiger partial charge is 0.495 e. The summed E-state index contributed by atoms with van der Waals surface area (Å²) in [5, 5.41) is 3.29. The number of benzene rings is 1. The first-order valence-electron chi connectivity index (χ1n) is 3.93. The van der Waals surface area contributed by atoms with Crippen molar-refractivity contribution in [2.75, 3.05) is 12.4 Å². The van der Waals surface area contributed by atoms with E-state index in [4.69, 9.17) is 22.8 Å². The van der Waals surface area contributed by atoms with Crippen LogP contribution in [0.3, 0.4) is 0 Å². The van der Waals surface area contributed by atoms with Gasteiger partial charge in [-0.05, 0) is 24.4 Å². The minimum atomic E-state index is 0.372. The monoisotopic (exact) mass is 212 g/mol. The van der Waals surface area contributed by atoms with Crippen LogP contribution in [0.4, 0.5) is 5.69 Å². The highest BCUT2D eigenvalue weighted by Gasteiger charge is 2.01. The van der Waals surface area contributed by atoms with Gasteiger partial charge >= 0.3 is 0 Å². The summed E-state index contributed by atoms with van der Waals surface area (Å²) in [5.41, 5.74) is 5.55. The van der Waals surface area contributed by atoms with Crippen LogP contribution in [0.25, 0.3) is 0 Å². The van der Waals surface area contributed by atoms with Gasteiger partial charge in [0.25, 0.3) is 0 Å².